The van der Waals surface area contributed by atoms with Crippen LogP contribution in [0, 0.1) is 17.2 Å². The number of hydrogen-bond acceptors (Lipinski definition) is 3. The van der Waals surface area contributed by atoms with Gasteiger partial charge in [-0.2, -0.15) is 0 Å². The number of carboxylic acid groups (broad SMARTS) is 1. The molecule has 1 saturated carbocycles. The molecule has 0 bridgehead atoms. The number of amides is 3. The topological polar surface area (TPSA) is 90.0 Å². The number of nitrogens with zero attached hydrogens (tertiary/aromatic N) is 2. The average Bonchev–Trinajstić information content (AvgIpc) is 3.28. The molecule has 2 aliphatic heterocycles. The van der Waals surface area contributed by atoms with E-state index < -0.39 is 23.2 Å². The number of likely N-dealkylation sites (tertiary alicyclic amines) is 1. The van der Waals surface area contributed by atoms with Crippen molar-refractivity contribution in [2.24, 2.45) is 11.3 Å². The van der Waals surface area contributed by atoms with Crippen LogP contribution in [0.2, 0.25) is 0 Å². The smallest absolute Gasteiger partial charge is 0.317 e. The number of hydrogen-bond donors (Lipinski definition) is 2. The third-order valence-electron chi connectivity index (χ3n) is 6.18. The summed E-state index contributed by atoms with van der Waals surface area (Å²) in [4.78, 5) is 39.5. The minimum atomic E-state index is -0.831. The van der Waals surface area contributed by atoms with Gasteiger partial charge in [-0.25, -0.2) is 9.18 Å². The summed E-state index contributed by atoms with van der Waals surface area (Å²) in [5.74, 6) is -1.57. The van der Waals surface area contributed by atoms with E-state index in [0.29, 0.717) is 13.0 Å². The standard InChI is InChI=1S/C19H22FN3O4/c20-14-5-1-2-6-15(14)23-10-13(8-16(23)24)21-18(27)22-9-12-4-3-7-19(12,11-22)17(25)26/h1-2,5-6,12-13H,3-4,7-11H2,(H,21,27)(H,25,26)/t12-,13?,19+/m0/s1. The van der Waals surface area contributed by atoms with Crippen molar-refractivity contribution in [3.8, 4) is 0 Å². The van der Waals surface area contributed by atoms with Crippen molar-refractivity contribution < 1.29 is 23.9 Å². The first kappa shape index (κ1) is 17.8. The molecule has 2 N–H and O–H groups in total. The highest BCUT2D eigenvalue weighted by Crippen LogP contribution is 2.48. The van der Waals surface area contributed by atoms with Crippen LogP contribution in [0.4, 0.5) is 14.9 Å². The zero-order chi connectivity index (χ0) is 19.2. The van der Waals surface area contributed by atoms with Crippen molar-refractivity contribution in [2.75, 3.05) is 24.5 Å². The summed E-state index contributed by atoms with van der Waals surface area (Å²) in [6, 6.07) is 5.27. The number of nitrogens with one attached hydrogen (secondary N) is 1. The molecule has 2 heterocycles. The van der Waals surface area contributed by atoms with Gasteiger partial charge in [0.25, 0.3) is 0 Å². The van der Waals surface area contributed by atoms with E-state index in [0.717, 1.165) is 12.8 Å². The number of carbonyl (C=O) groups is 3. The Balaban J connectivity index is 1.41. The highest BCUT2D eigenvalue weighted by atomic mass is 19.1. The van der Waals surface area contributed by atoms with Gasteiger partial charge >= 0.3 is 12.0 Å². The van der Waals surface area contributed by atoms with Crippen LogP contribution in [-0.2, 0) is 9.59 Å². The van der Waals surface area contributed by atoms with E-state index >= 15 is 0 Å². The van der Waals surface area contributed by atoms with Crippen LogP contribution in [-0.4, -0.2) is 53.6 Å². The van der Waals surface area contributed by atoms with Gasteiger partial charge in [-0.1, -0.05) is 18.6 Å². The summed E-state index contributed by atoms with van der Waals surface area (Å²) < 4.78 is 14.0. The van der Waals surface area contributed by atoms with Gasteiger partial charge in [0.15, 0.2) is 0 Å². The number of fused-ring (bicyclic) bond motifs is 1. The number of carboxylic acids is 1. The van der Waals surface area contributed by atoms with E-state index in [9.17, 15) is 23.9 Å². The molecule has 2 saturated heterocycles. The molecule has 3 amide bonds. The van der Waals surface area contributed by atoms with Gasteiger partial charge in [-0.05, 0) is 30.9 Å². The van der Waals surface area contributed by atoms with Gasteiger partial charge in [0, 0.05) is 26.1 Å². The molecule has 1 aliphatic carbocycles. The maximum absolute atomic E-state index is 14.0. The quantitative estimate of drug-likeness (QED) is 0.843. The molecule has 144 valence electrons. The van der Waals surface area contributed by atoms with Gasteiger partial charge in [0.1, 0.15) is 5.82 Å². The number of halogens is 1. The molecule has 3 aliphatic rings. The maximum atomic E-state index is 14.0. The summed E-state index contributed by atoms with van der Waals surface area (Å²) in [5.41, 5.74) is -0.623. The zero-order valence-corrected chi connectivity index (χ0v) is 14.9. The number of aliphatic carboxylic acids is 1. The van der Waals surface area contributed by atoms with E-state index in [4.69, 9.17) is 0 Å². The Bertz CT molecular complexity index is 801. The SMILES string of the molecule is O=C(NC1CC(=O)N(c2ccccc2F)C1)N1C[C@@H]2CCC[C@@]2(C(=O)O)C1. The van der Waals surface area contributed by atoms with E-state index in [2.05, 4.69) is 5.32 Å². The zero-order valence-electron chi connectivity index (χ0n) is 14.9. The molecule has 3 atom stereocenters. The molecule has 27 heavy (non-hydrogen) atoms. The van der Waals surface area contributed by atoms with Crippen molar-refractivity contribution in [2.45, 2.75) is 31.7 Å². The number of urea groups is 1. The first-order valence-electron chi connectivity index (χ1n) is 9.24. The van der Waals surface area contributed by atoms with Crippen molar-refractivity contribution in [1.29, 1.82) is 0 Å². The molecule has 1 aromatic carbocycles. The van der Waals surface area contributed by atoms with Crippen molar-refractivity contribution >= 4 is 23.6 Å². The second-order valence-corrected chi connectivity index (χ2v) is 7.74. The Kier molecular flexibility index (Phi) is 4.28. The number of para-hydroxylation sites is 1. The number of benzene rings is 1. The number of anilines is 1. The molecule has 7 nitrogen and oxygen atoms in total. The Hall–Kier alpha value is -2.64. The fourth-order valence-corrected chi connectivity index (χ4v) is 4.77. The molecule has 4 rings (SSSR count). The first-order chi connectivity index (χ1) is 12.9. The second-order valence-electron chi connectivity index (χ2n) is 7.74. The number of rotatable bonds is 3. The Morgan fingerprint density at radius 2 is 2.04 bits per heavy atom. The van der Waals surface area contributed by atoms with Crippen LogP contribution in [0.5, 0.6) is 0 Å². The van der Waals surface area contributed by atoms with Gasteiger partial charge in [-0.15, -0.1) is 0 Å². The van der Waals surface area contributed by atoms with E-state index in [-0.39, 0.29) is 43.1 Å². The predicted molar refractivity (Wildman–Crippen MR) is 94.7 cm³/mol. The van der Waals surface area contributed by atoms with Crippen LogP contribution in [0.1, 0.15) is 25.7 Å². The fraction of sp³-hybridized carbons (Fsp3) is 0.526. The molecular weight excluding hydrogens is 353 g/mol. The Morgan fingerprint density at radius 1 is 1.26 bits per heavy atom. The Labute approximate surface area is 156 Å². The Morgan fingerprint density at radius 3 is 2.74 bits per heavy atom. The minimum absolute atomic E-state index is 0.0131. The molecule has 3 fully saturated rings. The lowest BCUT2D eigenvalue weighted by molar-refractivity contribution is -0.149. The van der Waals surface area contributed by atoms with Crippen LogP contribution in [0.3, 0.4) is 0 Å². The molecule has 0 spiro atoms. The molecule has 1 aromatic rings. The lowest BCUT2D eigenvalue weighted by Gasteiger charge is -2.24. The predicted octanol–water partition coefficient (Wildman–Crippen LogP) is 1.83. The molecule has 0 aromatic heterocycles. The summed E-state index contributed by atoms with van der Waals surface area (Å²) in [5, 5.41) is 12.5. The summed E-state index contributed by atoms with van der Waals surface area (Å²) >= 11 is 0. The fourth-order valence-electron chi connectivity index (χ4n) is 4.77. The average molecular weight is 375 g/mol. The molecule has 0 radical (unpaired) electrons. The second kappa shape index (κ2) is 6.51. The normalized spacial score (nSPS) is 29.9. The minimum Gasteiger partial charge on any atom is -0.481 e. The van der Waals surface area contributed by atoms with Gasteiger partial charge in [0.2, 0.25) is 5.91 Å². The third kappa shape index (κ3) is 2.93. The van der Waals surface area contributed by atoms with Crippen LogP contribution in [0.25, 0.3) is 0 Å². The lowest BCUT2D eigenvalue weighted by atomic mass is 9.81. The monoisotopic (exact) mass is 375 g/mol. The van der Waals surface area contributed by atoms with Gasteiger partial charge < -0.3 is 20.2 Å². The largest absolute Gasteiger partial charge is 0.481 e. The van der Waals surface area contributed by atoms with Crippen LogP contribution in [0.15, 0.2) is 24.3 Å². The van der Waals surface area contributed by atoms with Crippen LogP contribution < -0.4 is 10.2 Å². The van der Waals surface area contributed by atoms with Crippen molar-refractivity contribution in [3.05, 3.63) is 30.1 Å². The van der Waals surface area contributed by atoms with E-state index in [1.54, 1.807) is 17.0 Å². The van der Waals surface area contributed by atoms with Crippen molar-refractivity contribution in [1.82, 2.24) is 10.2 Å². The van der Waals surface area contributed by atoms with Crippen molar-refractivity contribution in [3.63, 3.8) is 0 Å². The number of carbonyl (C=O) groups excluding carboxylic acids is 2. The van der Waals surface area contributed by atoms with Gasteiger partial charge in [-0.3, -0.25) is 9.59 Å². The molecular formula is C19H22FN3O4. The van der Waals surface area contributed by atoms with Gasteiger partial charge in [0.05, 0.1) is 17.1 Å². The van der Waals surface area contributed by atoms with E-state index in [1.807, 2.05) is 0 Å². The summed E-state index contributed by atoms with van der Waals surface area (Å²) in [6.07, 6.45) is 2.39. The molecule has 8 heteroatoms. The molecule has 1 unspecified atom stereocenters. The third-order valence-corrected chi connectivity index (χ3v) is 6.18. The highest BCUT2D eigenvalue weighted by Gasteiger charge is 2.56. The van der Waals surface area contributed by atoms with Crippen LogP contribution >= 0.6 is 0 Å². The highest BCUT2D eigenvalue weighted by molar-refractivity contribution is 5.97. The lowest BCUT2D eigenvalue weighted by Crippen LogP contribution is -2.46. The maximum Gasteiger partial charge on any atom is 0.317 e. The summed E-state index contributed by atoms with van der Waals surface area (Å²) in [6.45, 7) is 0.833. The first-order valence-corrected chi connectivity index (χ1v) is 9.24. The summed E-state index contributed by atoms with van der Waals surface area (Å²) in [7, 11) is 0. The van der Waals surface area contributed by atoms with E-state index in [1.165, 1.54) is 17.0 Å².